The highest BCUT2D eigenvalue weighted by Crippen LogP contribution is 2.20. The predicted octanol–water partition coefficient (Wildman–Crippen LogP) is 1.54. The minimum atomic E-state index is 0.747. The third-order valence-electron chi connectivity index (χ3n) is 5.52. The highest BCUT2D eigenvalue weighted by Gasteiger charge is 2.24. The third kappa shape index (κ3) is 5.79. The van der Waals surface area contributed by atoms with Crippen LogP contribution in [-0.4, -0.2) is 85.1 Å². The number of piperazine rings is 1. The number of piperidine rings is 1. The maximum Gasteiger partial charge on any atom is 0.225 e. The summed E-state index contributed by atoms with van der Waals surface area (Å²) in [6.45, 7) is 13.2. The van der Waals surface area contributed by atoms with Crippen LogP contribution >= 0.6 is 0 Å². The lowest BCUT2D eigenvalue weighted by Crippen LogP contribution is -2.49. The summed E-state index contributed by atoms with van der Waals surface area (Å²) >= 11 is 0. The standard InChI is InChI=1S/C20H35N7/c1-17-14-18(2)16-27(15-17)19(21-3)22-8-5-9-25-10-12-26(13-11-25)20-23-6-4-7-24-20/h4,6-7,17-18H,5,8-16H2,1-3H3,(H,21,22). The predicted molar refractivity (Wildman–Crippen MR) is 111 cm³/mol. The van der Waals surface area contributed by atoms with Crippen LogP contribution in [0.2, 0.25) is 0 Å². The van der Waals surface area contributed by atoms with Crippen molar-refractivity contribution in [2.45, 2.75) is 26.7 Å². The summed E-state index contributed by atoms with van der Waals surface area (Å²) in [5, 5.41) is 3.57. The molecule has 7 nitrogen and oxygen atoms in total. The van der Waals surface area contributed by atoms with E-state index in [0.717, 1.165) is 82.5 Å². The van der Waals surface area contributed by atoms with Crippen molar-refractivity contribution < 1.29 is 0 Å². The van der Waals surface area contributed by atoms with Gasteiger partial charge in [0.15, 0.2) is 5.96 Å². The molecular formula is C20H35N7. The molecule has 0 saturated carbocycles. The molecule has 0 radical (unpaired) electrons. The van der Waals surface area contributed by atoms with Gasteiger partial charge in [-0.15, -0.1) is 0 Å². The number of aromatic nitrogens is 2. The molecule has 27 heavy (non-hydrogen) atoms. The molecule has 150 valence electrons. The summed E-state index contributed by atoms with van der Waals surface area (Å²) < 4.78 is 0. The molecule has 3 heterocycles. The maximum absolute atomic E-state index is 4.51. The Morgan fingerprint density at radius 1 is 1.11 bits per heavy atom. The second kappa shape index (κ2) is 9.88. The van der Waals surface area contributed by atoms with Gasteiger partial charge in [-0.05, 0) is 37.3 Å². The molecule has 0 spiro atoms. The van der Waals surface area contributed by atoms with Gasteiger partial charge in [-0.1, -0.05) is 13.8 Å². The van der Waals surface area contributed by atoms with E-state index in [1.165, 1.54) is 6.42 Å². The topological polar surface area (TPSA) is 59.9 Å². The Hall–Kier alpha value is -1.89. The Morgan fingerprint density at radius 2 is 1.78 bits per heavy atom. The first-order valence-corrected chi connectivity index (χ1v) is 10.4. The molecular weight excluding hydrogens is 338 g/mol. The van der Waals surface area contributed by atoms with Crippen LogP contribution in [0.5, 0.6) is 0 Å². The molecule has 2 saturated heterocycles. The number of likely N-dealkylation sites (tertiary alicyclic amines) is 1. The van der Waals surface area contributed by atoms with E-state index in [2.05, 4.69) is 48.8 Å². The molecule has 2 aliphatic heterocycles. The summed E-state index contributed by atoms with van der Waals surface area (Å²) in [5.74, 6) is 3.42. The lowest BCUT2D eigenvalue weighted by atomic mass is 9.92. The number of guanidine groups is 1. The Labute approximate surface area is 163 Å². The lowest BCUT2D eigenvalue weighted by Gasteiger charge is -2.37. The van der Waals surface area contributed by atoms with Crippen LogP contribution in [0, 0.1) is 11.8 Å². The number of hydrogen-bond donors (Lipinski definition) is 1. The SMILES string of the molecule is CN=C(NCCCN1CCN(c2ncccn2)CC1)N1CC(C)CC(C)C1. The minimum absolute atomic E-state index is 0.747. The molecule has 2 fully saturated rings. The van der Waals surface area contributed by atoms with Gasteiger partial charge in [0.1, 0.15) is 0 Å². The summed E-state index contributed by atoms with van der Waals surface area (Å²) in [4.78, 5) is 20.5. The number of anilines is 1. The highest BCUT2D eigenvalue weighted by molar-refractivity contribution is 5.80. The van der Waals surface area contributed by atoms with E-state index in [4.69, 9.17) is 0 Å². The summed E-state index contributed by atoms with van der Waals surface area (Å²) in [7, 11) is 1.90. The van der Waals surface area contributed by atoms with E-state index in [1.807, 2.05) is 25.5 Å². The minimum Gasteiger partial charge on any atom is -0.356 e. The van der Waals surface area contributed by atoms with Crippen LogP contribution in [-0.2, 0) is 0 Å². The van der Waals surface area contributed by atoms with Crippen molar-refractivity contribution in [3.8, 4) is 0 Å². The van der Waals surface area contributed by atoms with Gasteiger partial charge in [-0.2, -0.15) is 0 Å². The Morgan fingerprint density at radius 3 is 2.41 bits per heavy atom. The normalized spacial score (nSPS) is 24.9. The second-order valence-electron chi connectivity index (χ2n) is 8.06. The molecule has 1 N–H and O–H groups in total. The second-order valence-corrected chi connectivity index (χ2v) is 8.06. The molecule has 0 bridgehead atoms. The number of nitrogens with zero attached hydrogens (tertiary/aromatic N) is 6. The summed E-state index contributed by atoms with van der Waals surface area (Å²) in [5.41, 5.74) is 0. The largest absolute Gasteiger partial charge is 0.356 e. The molecule has 0 aliphatic carbocycles. The first kappa shape index (κ1) is 19.9. The van der Waals surface area contributed by atoms with Gasteiger partial charge in [-0.25, -0.2) is 9.97 Å². The van der Waals surface area contributed by atoms with Crippen LogP contribution in [0.4, 0.5) is 5.95 Å². The van der Waals surface area contributed by atoms with Gasteiger partial charge in [0.05, 0.1) is 0 Å². The number of aliphatic imine (C=N–C) groups is 1. The van der Waals surface area contributed by atoms with E-state index in [0.29, 0.717) is 0 Å². The fraction of sp³-hybridized carbons (Fsp3) is 0.750. The maximum atomic E-state index is 4.51. The fourth-order valence-corrected chi connectivity index (χ4v) is 4.30. The number of hydrogen-bond acceptors (Lipinski definition) is 5. The molecule has 7 heteroatoms. The van der Waals surface area contributed by atoms with Crippen LogP contribution < -0.4 is 10.2 Å². The van der Waals surface area contributed by atoms with Gasteiger partial charge >= 0.3 is 0 Å². The van der Waals surface area contributed by atoms with Gasteiger partial charge in [-0.3, -0.25) is 9.89 Å². The smallest absolute Gasteiger partial charge is 0.225 e. The van der Waals surface area contributed by atoms with Crippen molar-refractivity contribution >= 4 is 11.9 Å². The van der Waals surface area contributed by atoms with E-state index >= 15 is 0 Å². The Balaban J connectivity index is 1.34. The van der Waals surface area contributed by atoms with E-state index in [-0.39, 0.29) is 0 Å². The monoisotopic (exact) mass is 373 g/mol. The molecule has 1 aromatic rings. The number of nitrogens with one attached hydrogen (secondary N) is 1. The number of rotatable bonds is 5. The van der Waals surface area contributed by atoms with E-state index in [1.54, 1.807) is 0 Å². The Bertz CT molecular complexity index is 573. The fourth-order valence-electron chi connectivity index (χ4n) is 4.30. The van der Waals surface area contributed by atoms with Gasteiger partial charge in [0.25, 0.3) is 0 Å². The molecule has 2 aliphatic rings. The molecule has 2 unspecified atom stereocenters. The first-order chi connectivity index (χ1) is 13.2. The lowest BCUT2D eigenvalue weighted by molar-refractivity contribution is 0.208. The van der Waals surface area contributed by atoms with Crippen molar-refractivity contribution in [2.75, 3.05) is 64.3 Å². The van der Waals surface area contributed by atoms with Crippen LogP contribution in [0.25, 0.3) is 0 Å². The van der Waals surface area contributed by atoms with Crippen molar-refractivity contribution in [3.63, 3.8) is 0 Å². The van der Waals surface area contributed by atoms with Crippen LogP contribution in [0.15, 0.2) is 23.5 Å². The highest BCUT2D eigenvalue weighted by atomic mass is 15.3. The first-order valence-electron chi connectivity index (χ1n) is 10.4. The average molecular weight is 374 g/mol. The van der Waals surface area contributed by atoms with Gasteiger partial charge in [0.2, 0.25) is 5.95 Å². The molecule has 2 atom stereocenters. The Kier molecular flexibility index (Phi) is 7.26. The van der Waals surface area contributed by atoms with Crippen LogP contribution in [0.3, 0.4) is 0 Å². The molecule has 0 amide bonds. The zero-order valence-corrected chi connectivity index (χ0v) is 17.1. The van der Waals surface area contributed by atoms with E-state index < -0.39 is 0 Å². The van der Waals surface area contributed by atoms with Crippen LogP contribution in [0.1, 0.15) is 26.7 Å². The van der Waals surface area contributed by atoms with Gasteiger partial charge < -0.3 is 15.1 Å². The molecule has 3 rings (SSSR count). The third-order valence-corrected chi connectivity index (χ3v) is 5.52. The van der Waals surface area contributed by atoms with Crippen molar-refractivity contribution in [2.24, 2.45) is 16.8 Å². The molecule has 1 aromatic heterocycles. The van der Waals surface area contributed by atoms with Crippen molar-refractivity contribution in [3.05, 3.63) is 18.5 Å². The van der Waals surface area contributed by atoms with Crippen molar-refractivity contribution in [1.82, 2.24) is 25.1 Å². The molecule has 0 aromatic carbocycles. The zero-order valence-electron chi connectivity index (χ0n) is 17.1. The average Bonchev–Trinajstić information content (AvgIpc) is 2.68. The zero-order chi connectivity index (χ0) is 19.1. The van der Waals surface area contributed by atoms with Gasteiger partial charge in [0, 0.05) is 65.3 Å². The summed E-state index contributed by atoms with van der Waals surface area (Å²) in [6, 6.07) is 1.87. The summed E-state index contributed by atoms with van der Waals surface area (Å²) in [6.07, 6.45) is 6.10. The van der Waals surface area contributed by atoms with Crippen molar-refractivity contribution in [1.29, 1.82) is 0 Å². The quantitative estimate of drug-likeness (QED) is 0.480. The van der Waals surface area contributed by atoms with E-state index in [9.17, 15) is 0 Å².